The van der Waals surface area contributed by atoms with Crippen LogP contribution in [0.15, 0.2) is 24.3 Å². The van der Waals surface area contributed by atoms with Crippen LogP contribution in [0, 0.1) is 17.8 Å². The fourth-order valence-electron chi connectivity index (χ4n) is 4.60. The van der Waals surface area contributed by atoms with Crippen molar-refractivity contribution in [2.24, 2.45) is 17.8 Å². The van der Waals surface area contributed by atoms with Gasteiger partial charge in [-0.3, -0.25) is 9.69 Å². The Morgan fingerprint density at radius 2 is 1.89 bits per heavy atom. The molecule has 1 amide bonds. The van der Waals surface area contributed by atoms with E-state index >= 15 is 0 Å². The number of nitrogens with one attached hydrogen (secondary N) is 2. The molecular formula is C23H37N3O. The molecule has 4 heteroatoms. The maximum atomic E-state index is 12.3. The van der Waals surface area contributed by atoms with Crippen LogP contribution in [0.1, 0.15) is 57.1 Å². The first-order valence-corrected chi connectivity index (χ1v) is 10.9. The second-order valence-electron chi connectivity index (χ2n) is 8.84. The highest BCUT2D eigenvalue weighted by Crippen LogP contribution is 2.24. The molecule has 0 spiro atoms. The Labute approximate surface area is 165 Å². The molecule has 2 unspecified atom stereocenters. The predicted molar refractivity (Wildman–Crippen MR) is 111 cm³/mol. The van der Waals surface area contributed by atoms with Gasteiger partial charge in [-0.2, -0.15) is 0 Å². The largest absolute Gasteiger partial charge is 0.352 e. The lowest BCUT2D eigenvalue weighted by Gasteiger charge is -2.30. The maximum absolute atomic E-state index is 12.3. The minimum atomic E-state index is 0.187. The fraction of sp³-hybridized carbons (Fsp3) is 0.696. The molecule has 0 radical (unpaired) electrons. The van der Waals surface area contributed by atoms with Crippen LogP contribution in [0.5, 0.6) is 0 Å². The average Bonchev–Trinajstić information content (AvgIpc) is 2.68. The second-order valence-corrected chi connectivity index (χ2v) is 8.84. The molecule has 2 fully saturated rings. The predicted octanol–water partition coefficient (Wildman–Crippen LogP) is 3.56. The minimum Gasteiger partial charge on any atom is -0.352 e. The van der Waals surface area contributed by atoms with E-state index in [1.165, 1.54) is 49.9 Å². The standard InChI is InChI=1S/C23H37N3O/c1-18-4-3-13-26(16-18)17-21-7-5-20(6-8-21)15-25-23(27)14-19(2)22-9-11-24-12-10-22/h5-8,18-19,22,24H,3-4,9-17H2,1-2H3,(H,25,27). The molecule has 0 saturated carbocycles. The van der Waals surface area contributed by atoms with Crippen molar-refractivity contribution in [3.63, 3.8) is 0 Å². The van der Waals surface area contributed by atoms with Gasteiger partial charge in [0.05, 0.1) is 0 Å². The normalized spacial score (nSPS) is 23.1. The third-order valence-corrected chi connectivity index (χ3v) is 6.36. The number of carbonyl (C=O) groups is 1. The van der Waals surface area contributed by atoms with Crippen LogP contribution in [0.2, 0.25) is 0 Å². The lowest BCUT2D eigenvalue weighted by atomic mass is 9.84. The van der Waals surface area contributed by atoms with Gasteiger partial charge in [0.1, 0.15) is 0 Å². The molecule has 27 heavy (non-hydrogen) atoms. The monoisotopic (exact) mass is 371 g/mol. The van der Waals surface area contributed by atoms with Gasteiger partial charge in [-0.25, -0.2) is 0 Å². The van der Waals surface area contributed by atoms with E-state index in [0.717, 1.165) is 25.6 Å². The summed E-state index contributed by atoms with van der Waals surface area (Å²) in [6.07, 6.45) is 5.74. The lowest BCUT2D eigenvalue weighted by Crippen LogP contribution is -2.33. The zero-order chi connectivity index (χ0) is 19.1. The maximum Gasteiger partial charge on any atom is 0.220 e. The number of benzene rings is 1. The third kappa shape index (κ3) is 6.62. The Hall–Kier alpha value is -1.39. The van der Waals surface area contributed by atoms with Crippen molar-refractivity contribution in [1.29, 1.82) is 0 Å². The highest BCUT2D eigenvalue weighted by molar-refractivity contribution is 5.76. The third-order valence-electron chi connectivity index (χ3n) is 6.36. The van der Waals surface area contributed by atoms with Gasteiger partial charge in [-0.1, -0.05) is 38.1 Å². The molecule has 0 aromatic heterocycles. The van der Waals surface area contributed by atoms with Crippen molar-refractivity contribution in [3.05, 3.63) is 35.4 Å². The first-order valence-electron chi connectivity index (χ1n) is 10.9. The Bertz CT molecular complexity index is 580. The Morgan fingerprint density at radius 1 is 1.19 bits per heavy atom. The molecule has 4 nitrogen and oxygen atoms in total. The number of piperidine rings is 2. The van der Waals surface area contributed by atoms with Crippen LogP contribution in [0.3, 0.4) is 0 Å². The van der Waals surface area contributed by atoms with Crippen LogP contribution in [-0.4, -0.2) is 37.0 Å². The topological polar surface area (TPSA) is 44.4 Å². The van der Waals surface area contributed by atoms with E-state index in [2.05, 4.69) is 53.6 Å². The lowest BCUT2D eigenvalue weighted by molar-refractivity contribution is -0.122. The van der Waals surface area contributed by atoms with Gasteiger partial charge in [0.15, 0.2) is 0 Å². The smallest absolute Gasteiger partial charge is 0.220 e. The van der Waals surface area contributed by atoms with Crippen LogP contribution in [0.25, 0.3) is 0 Å². The summed E-state index contributed by atoms with van der Waals surface area (Å²) in [6.45, 7) is 10.9. The van der Waals surface area contributed by atoms with Gasteiger partial charge in [-0.15, -0.1) is 0 Å². The Kier molecular flexibility index (Phi) is 7.71. The van der Waals surface area contributed by atoms with Crippen LogP contribution in [-0.2, 0) is 17.9 Å². The molecule has 1 aromatic carbocycles. The van der Waals surface area contributed by atoms with Gasteiger partial charge in [0, 0.05) is 26.1 Å². The Morgan fingerprint density at radius 3 is 2.59 bits per heavy atom. The molecule has 2 aliphatic rings. The van der Waals surface area contributed by atoms with Gasteiger partial charge in [0.2, 0.25) is 5.91 Å². The molecule has 2 heterocycles. The van der Waals surface area contributed by atoms with Crippen LogP contribution < -0.4 is 10.6 Å². The molecule has 2 saturated heterocycles. The average molecular weight is 372 g/mol. The van der Waals surface area contributed by atoms with Gasteiger partial charge < -0.3 is 10.6 Å². The summed E-state index contributed by atoms with van der Waals surface area (Å²) in [5, 5.41) is 6.51. The highest BCUT2D eigenvalue weighted by Gasteiger charge is 2.22. The number of carbonyl (C=O) groups excluding carboxylic acids is 1. The van der Waals surface area contributed by atoms with Gasteiger partial charge >= 0.3 is 0 Å². The molecule has 2 N–H and O–H groups in total. The number of nitrogens with zero attached hydrogens (tertiary/aromatic N) is 1. The number of hydrogen-bond acceptors (Lipinski definition) is 3. The molecule has 2 aliphatic heterocycles. The zero-order valence-corrected chi connectivity index (χ0v) is 17.2. The highest BCUT2D eigenvalue weighted by atomic mass is 16.1. The first kappa shape index (κ1) is 20.3. The van der Waals surface area contributed by atoms with Gasteiger partial charge in [0.25, 0.3) is 0 Å². The summed E-state index contributed by atoms with van der Waals surface area (Å²) in [6, 6.07) is 8.77. The van der Waals surface area contributed by atoms with Crippen LogP contribution >= 0.6 is 0 Å². The summed E-state index contributed by atoms with van der Waals surface area (Å²) in [5.74, 6) is 2.17. The number of hydrogen-bond donors (Lipinski definition) is 2. The summed E-state index contributed by atoms with van der Waals surface area (Å²) in [7, 11) is 0. The fourth-order valence-corrected chi connectivity index (χ4v) is 4.60. The van der Waals surface area contributed by atoms with E-state index in [4.69, 9.17) is 0 Å². The summed E-state index contributed by atoms with van der Waals surface area (Å²) >= 11 is 0. The van der Waals surface area contributed by atoms with Crippen molar-refractivity contribution in [2.75, 3.05) is 26.2 Å². The summed E-state index contributed by atoms with van der Waals surface area (Å²) in [4.78, 5) is 14.9. The van der Waals surface area contributed by atoms with E-state index in [0.29, 0.717) is 24.8 Å². The quantitative estimate of drug-likeness (QED) is 0.770. The van der Waals surface area contributed by atoms with Gasteiger partial charge in [-0.05, 0) is 74.2 Å². The van der Waals surface area contributed by atoms with Crippen LogP contribution in [0.4, 0.5) is 0 Å². The molecule has 150 valence electrons. The molecule has 0 bridgehead atoms. The first-order chi connectivity index (χ1) is 13.1. The molecule has 2 atom stereocenters. The van der Waals surface area contributed by atoms with E-state index < -0.39 is 0 Å². The minimum absolute atomic E-state index is 0.187. The van der Waals surface area contributed by atoms with Crippen molar-refractivity contribution < 1.29 is 4.79 Å². The molecule has 1 aromatic rings. The van der Waals surface area contributed by atoms with E-state index in [1.54, 1.807) is 0 Å². The summed E-state index contributed by atoms with van der Waals surface area (Å²) < 4.78 is 0. The zero-order valence-electron chi connectivity index (χ0n) is 17.2. The van der Waals surface area contributed by atoms with E-state index in [9.17, 15) is 4.79 Å². The number of amides is 1. The van der Waals surface area contributed by atoms with Crippen molar-refractivity contribution in [3.8, 4) is 0 Å². The molecular weight excluding hydrogens is 334 g/mol. The molecule has 3 rings (SSSR count). The number of likely N-dealkylation sites (tertiary alicyclic amines) is 1. The Balaban J connectivity index is 1.39. The van der Waals surface area contributed by atoms with Crippen molar-refractivity contribution in [2.45, 2.75) is 59.0 Å². The second kappa shape index (κ2) is 10.2. The van der Waals surface area contributed by atoms with E-state index in [1.807, 2.05) is 0 Å². The van der Waals surface area contributed by atoms with Crippen molar-refractivity contribution in [1.82, 2.24) is 15.5 Å². The summed E-state index contributed by atoms with van der Waals surface area (Å²) in [5.41, 5.74) is 2.56. The van der Waals surface area contributed by atoms with E-state index in [-0.39, 0.29) is 5.91 Å². The SMILES string of the molecule is CC1CCCN(Cc2ccc(CNC(=O)CC(C)C3CCNCC3)cc2)C1. The number of rotatable bonds is 7. The molecule has 0 aliphatic carbocycles. The van der Waals surface area contributed by atoms with Crippen molar-refractivity contribution >= 4 is 5.91 Å².